The second-order valence-corrected chi connectivity index (χ2v) is 6.40. The zero-order valence-corrected chi connectivity index (χ0v) is 14.4. The van der Waals surface area contributed by atoms with Crippen LogP contribution < -0.4 is 10.6 Å². The number of piperidine rings is 1. The molecular formula is C18H14N4O6. The number of amides is 5. The second-order valence-electron chi connectivity index (χ2n) is 6.40. The first-order valence-corrected chi connectivity index (χ1v) is 8.48. The van der Waals surface area contributed by atoms with E-state index in [4.69, 9.17) is 4.52 Å². The molecular weight excluding hydrogens is 368 g/mol. The van der Waals surface area contributed by atoms with Gasteiger partial charge in [0.25, 0.3) is 17.7 Å². The topological polar surface area (TPSA) is 139 Å². The molecule has 28 heavy (non-hydrogen) atoms. The van der Waals surface area contributed by atoms with Crippen molar-refractivity contribution in [3.63, 3.8) is 0 Å². The van der Waals surface area contributed by atoms with Crippen LogP contribution in [0.15, 0.2) is 35.0 Å². The molecule has 1 aromatic carbocycles. The normalized spacial score (nSPS) is 18.6. The van der Waals surface area contributed by atoms with Crippen molar-refractivity contribution in [1.82, 2.24) is 20.7 Å². The molecule has 1 unspecified atom stereocenters. The molecule has 4 rings (SSSR count). The minimum Gasteiger partial charge on any atom is -0.351 e. The standard InChI is InChI=1S/C18H14N4O6/c23-13-5-4-11(16(25)20-13)22-8-9-2-1-3-10(14(9)18(22)27)15(24)21-17(26)12-6-7-19-28-12/h1-3,6-7,11H,4-5,8H2,(H,20,23,25)(H,21,24,26). The number of fused-ring (bicyclic) bond motifs is 1. The number of carbonyl (C=O) groups is 5. The highest BCUT2D eigenvalue weighted by Gasteiger charge is 2.40. The lowest BCUT2D eigenvalue weighted by Crippen LogP contribution is -2.52. The lowest BCUT2D eigenvalue weighted by Gasteiger charge is -2.29. The van der Waals surface area contributed by atoms with E-state index >= 15 is 0 Å². The fourth-order valence-corrected chi connectivity index (χ4v) is 3.37. The summed E-state index contributed by atoms with van der Waals surface area (Å²) >= 11 is 0. The van der Waals surface area contributed by atoms with Gasteiger partial charge in [0.15, 0.2) is 0 Å². The van der Waals surface area contributed by atoms with Crippen molar-refractivity contribution >= 4 is 29.5 Å². The van der Waals surface area contributed by atoms with E-state index < -0.39 is 29.7 Å². The predicted molar refractivity (Wildman–Crippen MR) is 90.8 cm³/mol. The molecule has 142 valence electrons. The summed E-state index contributed by atoms with van der Waals surface area (Å²) in [6.07, 6.45) is 1.62. The van der Waals surface area contributed by atoms with E-state index in [-0.39, 0.29) is 42.2 Å². The highest BCUT2D eigenvalue weighted by Crippen LogP contribution is 2.29. The Balaban J connectivity index is 1.58. The monoisotopic (exact) mass is 382 g/mol. The smallest absolute Gasteiger partial charge is 0.296 e. The van der Waals surface area contributed by atoms with Crippen LogP contribution in [0.1, 0.15) is 49.7 Å². The molecule has 1 fully saturated rings. The molecule has 3 heterocycles. The van der Waals surface area contributed by atoms with Crippen LogP contribution in [0.5, 0.6) is 0 Å². The van der Waals surface area contributed by atoms with Crippen LogP contribution in [0.3, 0.4) is 0 Å². The van der Waals surface area contributed by atoms with E-state index in [0.717, 1.165) is 0 Å². The summed E-state index contributed by atoms with van der Waals surface area (Å²) in [6.45, 7) is 0.137. The molecule has 0 saturated carbocycles. The molecule has 0 spiro atoms. The first kappa shape index (κ1) is 17.6. The minimum atomic E-state index is -0.788. The average Bonchev–Trinajstić information content (AvgIpc) is 3.30. The van der Waals surface area contributed by atoms with Crippen LogP contribution in [0.4, 0.5) is 0 Å². The second kappa shape index (κ2) is 6.72. The van der Waals surface area contributed by atoms with Gasteiger partial charge in [-0.1, -0.05) is 17.3 Å². The number of hydrogen-bond acceptors (Lipinski definition) is 7. The van der Waals surface area contributed by atoms with Gasteiger partial charge in [-0.15, -0.1) is 0 Å². The van der Waals surface area contributed by atoms with Crippen molar-refractivity contribution in [3.8, 4) is 0 Å². The Kier molecular flexibility index (Phi) is 4.22. The maximum absolute atomic E-state index is 12.9. The third-order valence-electron chi connectivity index (χ3n) is 4.69. The number of imide groups is 2. The highest BCUT2D eigenvalue weighted by molar-refractivity contribution is 6.15. The van der Waals surface area contributed by atoms with Gasteiger partial charge in [0, 0.05) is 19.0 Å². The number of benzene rings is 1. The summed E-state index contributed by atoms with van der Waals surface area (Å²) in [7, 11) is 0. The molecule has 0 bridgehead atoms. The Morgan fingerprint density at radius 3 is 2.71 bits per heavy atom. The third kappa shape index (κ3) is 2.94. The van der Waals surface area contributed by atoms with E-state index in [1.165, 1.54) is 23.2 Å². The molecule has 2 N–H and O–H groups in total. The van der Waals surface area contributed by atoms with E-state index in [1.807, 2.05) is 0 Å². The Labute approximate surface area is 157 Å². The summed E-state index contributed by atoms with van der Waals surface area (Å²) in [5, 5.41) is 7.77. The number of nitrogens with zero attached hydrogens (tertiary/aromatic N) is 2. The van der Waals surface area contributed by atoms with Crippen LogP contribution in [0, 0.1) is 0 Å². The van der Waals surface area contributed by atoms with Gasteiger partial charge < -0.3 is 9.42 Å². The lowest BCUT2D eigenvalue weighted by molar-refractivity contribution is -0.136. The van der Waals surface area contributed by atoms with E-state index in [1.54, 1.807) is 12.1 Å². The highest BCUT2D eigenvalue weighted by atomic mass is 16.5. The van der Waals surface area contributed by atoms with Crippen molar-refractivity contribution in [2.75, 3.05) is 0 Å². The average molecular weight is 382 g/mol. The zero-order chi connectivity index (χ0) is 19.8. The maximum atomic E-state index is 12.9. The molecule has 0 radical (unpaired) electrons. The molecule has 0 aliphatic carbocycles. The number of rotatable bonds is 3. The Bertz CT molecular complexity index is 1010. The molecule has 5 amide bonds. The Morgan fingerprint density at radius 1 is 1.18 bits per heavy atom. The van der Waals surface area contributed by atoms with E-state index in [2.05, 4.69) is 15.8 Å². The first-order chi connectivity index (χ1) is 13.5. The van der Waals surface area contributed by atoms with Crippen molar-refractivity contribution in [2.24, 2.45) is 0 Å². The molecule has 2 aromatic rings. The number of hydrogen-bond donors (Lipinski definition) is 2. The first-order valence-electron chi connectivity index (χ1n) is 8.48. The summed E-state index contributed by atoms with van der Waals surface area (Å²) in [4.78, 5) is 62.3. The molecule has 1 aromatic heterocycles. The van der Waals surface area contributed by atoms with Crippen molar-refractivity contribution in [3.05, 3.63) is 52.9 Å². The number of nitrogens with one attached hydrogen (secondary N) is 2. The molecule has 1 atom stereocenters. The Morgan fingerprint density at radius 2 is 2.00 bits per heavy atom. The SMILES string of the molecule is O=C1CCC(N2Cc3cccc(C(=O)NC(=O)c4ccno4)c3C2=O)C(=O)N1. The van der Waals surface area contributed by atoms with Crippen LogP contribution in [0.25, 0.3) is 0 Å². The third-order valence-corrected chi connectivity index (χ3v) is 4.69. The van der Waals surface area contributed by atoms with Gasteiger partial charge in [-0.25, -0.2) is 0 Å². The number of carbonyl (C=O) groups excluding carboxylic acids is 5. The van der Waals surface area contributed by atoms with Crippen molar-refractivity contribution in [2.45, 2.75) is 25.4 Å². The van der Waals surface area contributed by atoms with Crippen LogP contribution in [-0.2, 0) is 16.1 Å². The quantitative estimate of drug-likeness (QED) is 0.713. The van der Waals surface area contributed by atoms with Crippen LogP contribution in [0.2, 0.25) is 0 Å². The van der Waals surface area contributed by atoms with Crippen LogP contribution >= 0.6 is 0 Å². The predicted octanol–water partition coefficient (Wildman–Crippen LogP) is 0.00580. The van der Waals surface area contributed by atoms with Gasteiger partial charge in [0.1, 0.15) is 6.04 Å². The Hall–Kier alpha value is -3.82. The van der Waals surface area contributed by atoms with Gasteiger partial charge in [-0.05, 0) is 18.1 Å². The van der Waals surface area contributed by atoms with E-state index in [0.29, 0.717) is 5.56 Å². The minimum absolute atomic E-state index is 0.0187. The largest absolute Gasteiger partial charge is 0.351 e. The van der Waals surface area contributed by atoms with Crippen molar-refractivity contribution in [1.29, 1.82) is 0 Å². The van der Waals surface area contributed by atoms with E-state index in [9.17, 15) is 24.0 Å². The summed E-state index contributed by atoms with van der Waals surface area (Å²) in [5.41, 5.74) is 0.717. The summed E-state index contributed by atoms with van der Waals surface area (Å²) in [6, 6.07) is 5.20. The summed E-state index contributed by atoms with van der Waals surface area (Å²) < 4.78 is 4.70. The lowest BCUT2D eigenvalue weighted by atomic mass is 10.0. The summed E-state index contributed by atoms with van der Waals surface area (Å²) in [5.74, 6) is -3.11. The van der Waals surface area contributed by atoms with Gasteiger partial charge in [0.05, 0.1) is 17.3 Å². The molecule has 2 aliphatic heterocycles. The maximum Gasteiger partial charge on any atom is 0.296 e. The van der Waals surface area contributed by atoms with Gasteiger partial charge >= 0.3 is 0 Å². The molecule has 2 aliphatic rings. The fraction of sp³-hybridized carbons (Fsp3) is 0.222. The van der Waals surface area contributed by atoms with Gasteiger partial charge in [-0.2, -0.15) is 0 Å². The fourth-order valence-electron chi connectivity index (χ4n) is 3.37. The van der Waals surface area contributed by atoms with Gasteiger partial charge in [-0.3, -0.25) is 34.6 Å². The van der Waals surface area contributed by atoms with Crippen molar-refractivity contribution < 1.29 is 28.5 Å². The molecule has 10 nitrogen and oxygen atoms in total. The number of aromatic nitrogens is 1. The molecule has 10 heteroatoms. The zero-order valence-electron chi connectivity index (χ0n) is 14.4. The van der Waals surface area contributed by atoms with Gasteiger partial charge in [0.2, 0.25) is 17.6 Å². The van der Waals surface area contributed by atoms with Crippen LogP contribution in [-0.4, -0.2) is 45.6 Å². The molecule has 1 saturated heterocycles.